The van der Waals surface area contributed by atoms with Gasteiger partial charge >= 0.3 is 5.97 Å². The van der Waals surface area contributed by atoms with Gasteiger partial charge in [-0.15, -0.1) is 0 Å². The monoisotopic (exact) mass is 287 g/mol. The van der Waals surface area contributed by atoms with Crippen LogP contribution in [-0.4, -0.2) is 23.3 Å². The zero-order chi connectivity index (χ0) is 15.2. The maximum absolute atomic E-state index is 11.9. The van der Waals surface area contributed by atoms with E-state index in [0.717, 1.165) is 5.56 Å². The molecule has 0 bridgehead atoms. The minimum absolute atomic E-state index is 0.191. The van der Waals surface area contributed by atoms with E-state index in [-0.39, 0.29) is 18.0 Å². The number of hydrogen-bond donors (Lipinski definition) is 3. The minimum atomic E-state index is -0.641. The summed E-state index contributed by atoms with van der Waals surface area (Å²) >= 11 is 0. The molecule has 0 aliphatic rings. The Labute approximate surface area is 122 Å². The number of carbonyl (C=O) groups is 1. The number of phenols is 2. The lowest BCUT2D eigenvalue weighted by atomic mass is 10.1. The molecule has 0 radical (unpaired) electrons. The Morgan fingerprint density at radius 2 is 1.86 bits per heavy atom. The van der Waals surface area contributed by atoms with Crippen molar-refractivity contribution in [3.63, 3.8) is 0 Å². The van der Waals surface area contributed by atoms with Crippen molar-refractivity contribution in [2.45, 2.75) is 12.6 Å². The van der Waals surface area contributed by atoms with E-state index in [1.165, 1.54) is 13.2 Å². The summed E-state index contributed by atoms with van der Waals surface area (Å²) in [6.45, 7) is 0.217. The fraction of sp³-hybridized carbons (Fsp3) is 0.188. The smallest absolute Gasteiger partial charge is 0.327 e. The molecule has 0 saturated heterocycles. The lowest BCUT2D eigenvalue weighted by molar-refractivity contribution is -0.143. The second-order valence-electron chi connectivity index (χ2n) is 4.53. The molecule has 2 rings (SSSR count). The summed E-state index contributed by atoms with van der Waals surface area (Å²) in [5.41, 5.74) is 1.27. The van der Waals surface area contributed by atoms with E-state index in [0.29, 0.717) is 5.56 Å². The standard InChI is InChI=1S/C16H17NO4/c1-21-16(20)14(11-6-3-2-4-7-11)17-10-12-8-5-9-13(18)15(12)19/h2-9,14,17-19H,10H2,1H3. The van der Waals surface area contributed by atoms with Gasteiger partial charge in [0.25, 0.3) is 0 Å². The lowest BCUT2D eigenvalue weighted by Gasteiger charge is -2.17. The number of ether oxygens (including phenoxy) is 1. The summed E-state index contributed by atoms with van der Waals surface area (Å²) in [6.07, 6.45) is 0. The molecule has 2 aromatic rings. The van der Waals surface area contributed by atoms with Crippen molar-refractivity contribution >= 4 is 5.97 Å². The van der Waals surface area contributed by atoms with Crippen molar-refractivity contribution in [1.82, 2.24) is 5.32 Å². The predicted octanol–water partition coefficient (Wildman–Crippen LogP) is 2.10. The van der Waals surface area contributed by atoms with Gasteiger partial charge in [0.2, 0.25) is 0 Å². The second-order valence-corrected chi connectivity index (χ2v) is 4.53. The third kappa shape index (κ3) is 3.52. The van der Waals surface area contributed by atoms with Crippen LogP contribution in [0.4, 0.5) is 0 Å². The molecule has 1 atom stereocenters. The van der Waals surface area contributed by atoms with Crippen LogP contribution in [0.3, 0.4) is 0 Å². The number of benzene rings is 2. The summed E-state index contributed by atoms with van der Waals surface area (Å²) < 4.78 is 4.80. The third-order valence-corrected chi connectivity index (χ3v) is 3.16. The quantitative estimate of drug-likeness (QED) is 0.580. The summed E-state index contributed by atoms with van der Waals surface area (Å²) in [5, 5.41) is 22.3. The van der Waals surface area contributed by atoms with Crippen molar-refractivity contribution < 1.29 is 19.7 Å². The van der Waals surface area contributed by atoms with Gasteiger partial charge in [0.05, 0.1) is 7.11 Å². The Hall–Kier alpha value is -2.53. The van der Waals surface area contributed by atoms with Gasteiger partial charge in [-0.2, -0.15) is 0 Å². The van der Waals surface area contributed by atoms with E-state index in [1.54, 1.807) is 12.1 Å². The molecule has 0 aliphatic carbocycles. The lowest BCUT2D eigenvalue weighted by Crippen LogP contribution is -2.29. The number of aromatic hydroxyl groups is 2. The number of methoxy groups -OCH3 is 1. The molecule has 0 aromatic heterocycles. The van der Waals surface area contributed by atoms with Crippen molar-refractivity contribution in [2.75, 3.05) is 7.11 Å². The Kier molecular flexibility index (Phi) is 4.79. The van der Waals surface area contributed by atoms with E-state index in [4.69, 9.17) is 4.74 Å². The Morgan fingerprint density at radius 1 is 1.14 bits per heavy atom. The number of esters is 1. The molecule has 3 N–H and O–H groups in total. The van der Waals surface area contributed by atoms with Crippen molar-refractivity contribution in [1.29, 1.82) is 0 Å². The predicted molar refractivity (Wildman–Crippen MR) is 77.8 cm³/mol. The highest BCUT2D eigenvalue weighted by atomic mass is 16.5. The first-order valence-corrected chi connectivity index (χ1v) is 6.49. The zero-order valence-corrected chi connectivity index (χ0v) is 11.6. The first-order chi connectivity index (χ1) is 10.1. The van der Waals surface area contributed by atoms with Crippen molar-refractivity contribution in [2.24, 2.45) is 0 Å². The van der Waals surface area contributed by atoms with E-state index < -0.39 is 12.0 Å². The fourth-order valence-corrected chi connectivity index (χ4v) is 2.03. The Morgan fingerprint density at radius 3 is 2.52 bits per heavy atom. The Bertz CT molecular complexity index is 613. The normalized spacial score (nSPS) is 11.9. The molecular formula is C16H17NO4. The minimum Gasteiger partial charge on any atom is -0.504 e. The molecule has 0 saturated carbocycles. The second kappa shape index (κ2) is 6.76. The molecule has 2 aromatic carbocycles. The van der Waals surface area contributed by atoms with Gasteiger partial charge in [0, 0.05) is 12.1 Å². The number of hydrogen-bond acceptors (Lipinski definition) is 5. The molecule has 0 aliphatic heterocycles. The number of carbonyl (C=O) groups excluding carboxylic acids is 1. The van der Waals surface area contributed by atoms with Crippen LogP contribution in [0.5, 0.6) is 11.5 Å². The Balaban J connectivity index is 2.17. The molecule has 110 valence electrons. The molecule has 5 heteroatoms. The van der Waals surface area contributed by atoms with Crippen LogP contribution >= 0.6 is 0 Å². The highest BCUT2D eigenvalue weighted by Crippen LogP contribution is 2.28. The summed E-state index contributed by atoms with van der Waals surface area (Å²) in [6, 6.07) is 13.2. The first-order valence-electron chi connectivity index (χ1n) is 6.49. The van der Waals surface area contributed by atoms with Crippen molar-refractivity contribution in [3.8, 4) is 11.5 Å². The number of para-hydroxylation sites is 1. The zero-order valence-electron chi connectivity index (χ0n) is 11.6. The maximum Gasteiger partial charge on any atom is 0.327 e. The van der Waals surface area contributed by atoms with Crippen LogP contribution in [0.1, 0.15) is 17.2 Å². The van der Waals surface area contributed by atoms with Crippen LogP contribution in [-0.2, 0) is 16.1 Å². The topological polar surface area (TPSA) is 78.8 Å². The molecule has 0 spiro atoms. The number of phenolic OH excluding ortho intramolecular Hbond substituents is 2. The van der Waals surface area contributed by atoms with Crippen LogP contribution in [0, 0.1) is 0 Å². The first kappa shape index (κ1) is 14.9. The summed E-state index contributed by atoms with van der Waals surface area (Å²) in [5.74, 6) is -0.800. The highest BCUT2D eigenvalue weighted by molar-refractivity contribution is 5.77. The number of nitrogens with one attached hydrogen (secondary N) is 1. The van der Waals surface area contributed by atoms with Crippen LogP contribution in [0.25, 0.3) is 0 Å². The average molecular weight is 287 g/mol. The fourth-order valence-electron chi connectivity index (χ4n) is 2.03. The SMILES string of the molecule is COC(=O)C(NCc1cccc(O)c1O)c1ccccc1. The molecule has 0 amide bonds. The van der Waals surface area contributed by atoms with Gasteiger partial charge in [-0.1, -0.05) is 42.5 Å². The van der Waals surface area contributed by atoms with Crippen molar-refractivity contribution in [3.05, 3.63) is 59.7 Å². The van der Waals surface area contributed by atoms with Crippen LogP contribution < -0.4 is 5.32 Å². The van der Waals surface area contributed by atoms with Gasteiger partial charge in [-0.25, -0.2) is 4.79 Å². The van der Waals surface area contributed by atoms with Gasteiger partial charge in [0.1, 0.15) is 6.04 Å². The average Bonchev–Trinajstić information content (AvgIpc) is 2.52. The third-order valence-electron chi connectivity index (χ3n) is 3.16. The van der Waals surface area contributed by atoms with E-state index in [9.17, 15) is 15.0 Å². The number of rotatable bonds is 5. The molecule has 0 fully saturated rings. The molecule has 5 nitrogen and oxygen atoms in total. The van der Waals surface area contributed by atoms with Gasteiger partial charge in [0.15, 0.2) is 11.5 Å². The molecule has 21 heavy (non-hydrogen) atoms. The molecule has 1 unspecified atom stereocenters. The maximum atomic E-state index is 11.9. The summed E-state index contributed by atoms with van der Waals surface area (Å²) in [7, 11) is 1.33. The van der Waals surface area contributed by atoms with Gasteiger partial charge in [-0.05, 0) is 11.6 Å². The van der Waals surface area contributed by atoms with Crippen LogP contribution in [0.2, 0.25) is 0 Å². The summed E-state index contributed by atoms with van der Waals surface area (Å²) in [4.78, 5) is 11.9. The molecule has 0 heterocycles. The van der Waals surface area contributed by atoms with Crippen LogP contribution in [0.15, 0.2) is 48.5 Å². The highest BCUT2D eigenvalue weighted by Gasteiger charge is 2.21. The van der Waals surface area contributed by atoms with Gasteiger partial charge < -0.3 is 14.9 Å². The van der Waals surface area contributed by atoms with Gasteiger partial charge in [-0.3, -0.25) is 5.32 Å². The van der Waals surface area contributed by atoms with E-state index >= 15 is 0 Å². The van der Waals surface area contributed by atoms with E-state index in [1.807, 2.05) is 30.3 Å². The van der Waals surface area contributed by atoms with E-state index in [2.05, 4.69) is 5.32 Å². The molecular weight excluding hydrogens is 270 g/mol. The largest absolute Gasteiger partial charge is 0.504 e.